The van der Waals surface area contributed by atoms with Gasteiger partial charge in [0.05, 0.1) is 7.11 Å². The van der Waals surface area contributed by atoms with Crippen LogP contribution in [0.2, 0.25) is 0 Å². The lowest BCUT2D eigenvalue weighted by molar-refractivity contribution is 0.102. The molecule has 1 heterocycles. The molecule has 0 spiro atoms. The van der Waals surface area contributed by atoms with Gasteiger partial charge < -0.3 is 10.1 Å². The standard InChI is InChI=1S/C19H20F2N2O4S/c1-27-17-6-5-16(22-19(24)13-9-14(20)11-15(21)10-13)12-18(17)28(25,26)23-7-3-2-4-8-23/h5-6,9-12H,2-4,7-8H2,1H3,(H,22,24). The fraction of sp³-hybridized carbons (Fsp3) is 0.316. The molecule has 0 unspecified atom stereocenters. The average Bonchev–Trinajstić information content (AvgIpc) is 2.68. The van der Waals surface area contributed by atoms with Gasteiger partial charge in [-0.05, 0) is 43.2 Å². The van der Waals surface area contributed by atoms with E-state index >= 15 is 0 Å². The van der Waals surface area contributed by atoms with Gasteiger partial charge in [0.15, 0.2) is 0 Å². The van der Waals surface area contributed by atoms with Crippen LogP contribution in [0.3, 0.4) is 0 Å². The SMILES string of the molecule is COc1ccc(NC(=O)c2cc(F)cc(F)c2)cc1S(=O)(=O)N1CCCCC1. The molecule has 1 N–H and O–H groups in total. The Morgan fingerprint density at radius 3 is 2.29 bits per heavy atom. The van der Waals surface area contributed by atoms with Crippen molar-refractivity contribution < 1.29 is 26.7 Å². The Morgan fingerprint density at radius 2 is 1.68 bits per heavy atom. The van der Waals surface area contributed by atoms with Crippen molar-refractivity contribution in [3.8, 4) is 5.75 Å². The Morgan fingerprint density at radius 1 is 1.04 bits per heavy atom. The lowest BCUT2D eigenvalue weighted by Crippen LogP contribution is -2.35. The highest BCUT2D eigenvalue weighted by Gasteiger charge is 2.29. The fourth-order valence-corrected chi connectivity index (χ4v) is 4.79. The largest absolute Gasteiger partial charge is 0.495 e. The number of hydrogen-bond donors (Lipinski definition) is 1. The minimum atomic E-state index is -3.80. The molecule has 0 bridgehead atoms. The zero-order chi connectivity index (χ0) is 20.3. The monoisotopic (exact) mass is 410 g/mol. The molecule has 0 aliphatic carbocycles. The third kappa shape index (κ3) is 4.31. The van der Waals surface area contributed by atoms with Crippen LogP contribution in [0.15, 0.2) is 41.3 Å². The number of amides is 1. The first-order chi connectivity index (χ1) is 13.3. The number of anilines is 1. The van der Waals surface area contributed by atoms with Gasteiger partial charge in [-0.2, -0.15) is 4.31 Å². The molecular weight excluding hydrogens is 390 g/mol. The van der Waals surface area contributed by atoms with E-state index in [2.05, 4.69) is 5.32 Å². The summed E-state index contributed by atoms with van der Waals surface area (Å²) in [4.78, 5) is 12.2. The van der Waals surface area contributed by atoms with E-state index in [1.54, 1.807) is 0 Å². The van der Waals surface area contributed by atoms with Crippen LogP contribution in [0.5, 0.6) is 5.75 Å². The molecule has 1 fully saturated rings. The van der Waals surface area contributed by atoms with Crippen molar-refractivity contribution in [1.29, 1.82) is 0 Å². The van der Waals surface area contributed by atoms with Gasteiger partial charge in [-0.15, -0.1) is 0 Å². The smallest absolute Gasteiger partial charge is 0.255 e. The number of ether oxygens (including phenoxy) is 1. The van der Waals surface area contributed by atoms with E-state index in [-0.39, 0.29) is 21.9 Å². The predicted octanol–water partition coefficient (Wildman–Crippen LogP) is 3.40. The maximum Gasteiger partial charge on any atom is 0.255 e. The Bertz CT molecular complexity index is 969. The molecule has 3 rings (SSSR count). The number of methoxy groups -OCH3 is 1. The van der Waals surface area contributed by atoms with Gasteiger partial charge in [0, 0.05) is 30.4 Å². The summed E-state index contributed by atoms with van der Waals surface area (Å²) in [6.07, 6.45) is 2.54. The first-order valence-electron chi connectivity index (χ1n) is 8.77. The van der Waals surface area contributed by atoms with Crippen LogP contribution < -0.4 is 10.1 Å². The normalized spacial score (nSPS) is 15.2. The van der Waals surface area contributed by atoms with E-state index in [9.17, 15) is 22.0 Å². The molecule has 1 aliphatic rings. The number of benzene rings is 2. The highest BCUT2D eigenvalue weighted by Crippen LogP contribution is 2.31. The van der Waals surface area contributed by atoms with Gasteiger partial charge in [0.2, 0.25) is 10.0 Å². The fourth-order valence-electron chi connectivity index (χ4n) is 3.09. The Balaban J connectivity index is 1.91. The molecular formula is C19H20F2N2O4S. The summed E-state index contributed by atoms with van der Waals surface area (Å²) in [5.41, 5.74) is -0.0418. The number of nitrogens with zero attached hydrogens (tertiary/aromatic N) is 1. The third-order valence-corrected chi connectivity index (χ3v) is 6.40. The van der Waals surface area contributed by atoms with Crippen molar-refractivity contribution in [1.82, 2.24) is 4.31 Å². The second kappa shape index (κ2) is 8.24. The van der Waals surface area contributed by atoms with Crippen molar-refractivity contribution >= 4 is 21.6 Å². The number of carbonyl (C=O) groups excluding carboxylic acids is 1. The summed E-state index contributed by atoms with van der Waals surface area (Å²) in [7, 11) is -2.44. The summed E-state index contributed by atoms with van der Waals surface area (Å²) in [5, 5.41) is 2.47. The van der Waals surface area contributed by atoms with Crippen molar-refractivity contribution in [2.75, 3.05) is 25.5 Å². The summed E-state index contributed by atoms with van der Waals surface area (Å²) in [6.45, 7) is 0.843. The van der Waals surface area contributed by atoms with Crippen LogP contribution >= 0.6 is 0 Å². The highest BCUT2D eigenvalue weighted by molar-refractivity contribution is 7.89. The minimum Gasteiger partial charge on any atom is -0.495 e. The van der Waals surface area contributed by atoms with Crippen LogP contribution in [0.4, 0.5) is 14.5 Å². The second-order valence-corrected chi connectivity index (χ2v) is 8.35. The maximum atomic E-state index is 13.3. The lowest BCUT2D eigenvalue weighted by atomic mass is 10.2. The molecule has 28 heavy (non-hydrogen) atoms. The minimum absolute atomic E-state index is 0.0693. The Hall–Kier alpha value is -2.52. The van der Waals surface area contributed by atoms with Crippen LogP contribution in [-0.2, 0) is 10.0 Å². The van der Waals surface area contributed by atoms with Crippen molar-refractivity contribution in [2.24, 2.45) is 0 Å². The quantitative estimate of drug-likeness (QED) is 0.820. The number of carbonyl (C=O) groups is 1. The number of hydrogen-bond acceptors (Lipinski definition) is 4. The van der Waals surface area contributed by atoms with Crippen LogP contribution in [0.25, 0.3) is 0 Å². The third-order valence-electron chi connectivity index (χ3n) is 4.48. The molecule has 0 aromatic heterocycles. The first kappa shape index (κ1) is 20.2. The number of halogens is 2. The number of rotatable bonds is 5. The van der Waals surface area contributed by atoms with E-state index in [0.717, 1.165) is 31.4 Å². The van der Waals surface area contributed by atoms with Crippen LogP contribution in [0.1, 0.15) is 29.6 Å². The van der Waals surface area contributed by atoms with E-state index in [1.807, 2.05) is 0 Å². The maximum absolute atomic E-state index is 13.3. The molecule has 2 aromatic carbocycles. The predicted molar refractivity (Wildman–Crippen MR) is 99.9 cm³/mol. The molecule has 0 radical (unpaired) electrons. The first-order valence-corrected chi connectivity index (χ1v) is 10.2. The molecule has 1 saturated heterocycles. The molecule has 9 heteroatoms. The van der Waals surface area contributed by atoms with E-state index in [4.69, 9.17) is 4.74 Å². The van der Waals surface area contributed by atoms with E-state index < -0.39 is 27.6 Å². The topological polar surface area (TPSA) is 75.7 Å². The van der Waals surface area contributed by atoms with Gasteiger partial charge in [-0.1, -0.05) is 6.42 Å². The molecule has 2 aromatic rings. The van der Waals surface area contributed by atoms with Gasteiger partial charge in [0.1, 0.15) is 22.3 Å². The number of nitrogens with one attached hydrogen (secondary N) is 1. The molecule has 6 nitrogen and oxygen atoms in total. The molecule has 0 saturated carbocycles. The Kier molecular flexibility index (Phi) is 5.95. The van der Waals surface area contributed by atoms with Crippen LogP contribution in [-0.4, -0.2) is 38.8 Å². The molecule has 1 amide bonds. The molecule has 1 aliphatic heterocycles. The van der Waals surface area contributed by atoms with Crippen molar-refractivity contribution in [3.05, 3.63) is 53.6 Å². The lowest BCUT2D eigenvalue weighted by Gasteiger charge is -2.26. The van der Waals surface area contributed by atoms with Gasteiger partial charge >= 0.3 is 0 Å². The zero-order valence-corrected chi connectivity index (χ0v) is 16.1. The van der Waals surface area contributed by atoms with E-state index in [1.165, 1.54) is 29.6 Å². The van der Waals surface area contributed by atoms with Crippen molar-refractivity contribution in [2.45, 2.75) is 24.2 Å². The number of piperidine rings is 1. The number of sulfonamides is 1. The van der Waals surface area contributed by atoms with Gasteiger partial charge in [0.25, 0.3) is 5.91 Å². The van der Waals surface area contributed by atoms with Crippen molar-refractivity contribution in [3.63, 3.8) is 0 Å². The summed E-state index contributed by atoms with van der Waals surface area (Å²) >= 11 is 0. The van der Waals surface area contributed by atoms with Gasteiger partial charge in [-0.25, -0.2) is 17.2 Å². The van der Waals surface area contributed by atoms with Gasteiger partial charge in [-0.3, -0.25) is 4.79 Å². The summed E-state index contributed by atoms with van der Waals surface area (Å²) < 4.78 is 59.2. The summed E-state index contributed by atoms with van der Waals surface area (Å²) in [6, 6.07) is 6.63. The zero-order valence-electron chi connectivity index (χ0n) is 15.2. The van der Waals surface area contributed by atoms with Crippen LogP contribution in [0, 0.1) is 11.6 Å². The highest BCUT2D eigenvalue weighted by atomic mass is 32.2. The average molecular weight is 410 g/mol. The van der Waals surface area contributed by atoms with E-state index in [0.29, 0.717) is 19.2 Å². The molecule has 0 atom stereocenters. The second-order valence-electron chi connectivity index (χ2n) is 6.44. The Labute approximate surface area is 162 Å². The summed E-state index contributed by atoms with van der Waals surface area (Å²) in [5.74, 6) is -2.37. The molecule has 150 valence electrons.